The fourth-order valence-electron chi connectivity index (χ4n) is 2.25. The lowest BCUT2D eigenvalue weighted by Crippen LogP contribution is -2.15. The molecule has 5 heteroatoms. The van der Waals surface area contributed by atoms with Crippen LogP contribution in [0, 0.1) is 0 Å². The van der Waals surface area contributed by atoms with Gasteiger partial charge in [-0.2, -0.15) is 0 Å². The van der Waals surface area contributed by atoms with Gasteiger partial charge in [-0.05, 0) is 43.5 Å². The van der Waals surface area contributed by atoms with E-state index in [1.807, 2.05) is 25.1 Å². The van der Waals surface area contributed by atoms with Crippen molar-refractivity contribution in [3.05, 3.63) is 52.8 Å². The molecule has 0 saturated heterocycles. The summed E-state index contributed by atoms with van der Waals surface area (Å²) in [5.74, 6) is 1.53. The number of ether oxygens (including phenoxy) is 2. The van der Waals surface area contributed by atoms with Crippen molar-refractivity contribution >= 4 is 11.6 Å². The molecule has 3 rings (SSSR count). The third-order valence-electron chi connectivity index (χ3n) is 3.66. The zero-order valence-electron chi connectivity index (χ0n) is 13.2. The lowest BCUT2D eigenvalue weighted by atomic mass is 10.2. The highest BCUT2D eigenvalue weighted by Gasteiger charge is 2.20. The molecule has 1 aliphatic carbocycles. The second-order valence-electron chi connectivity index (χ2n) is 5.65. The van der Waals surface area contributed by atoms with Gasteiger partial charge in [0.1, 0.15) is 11.8 Å². The minimum Gasteiger partial charge on any atom is -0.490 e. The van der Waals surface area contributed by atoms with Crippen LogP contribution in [0.4, 0.5) is 0 Å². The van der Waals surface area contributed by atoms with Gasteiger partial charge in [0.15, 0.2) is 11.5 Å². The summed E-state index contributed by atoms with van der Waals surface area (Å²) < 4.78 is 11.6. The first-order chi connectivity index (χ1) is 11.2. The van der Waals surface area contributed by atoms with Crippen molar-refractivity contribution in [3.8, 4) is 11.5 Å². The Kier molecular flexibility index (Phi) is 5.36. The molecular weight excluding hydrogens is 312 g/mol. The normalized spacial score (nSPS) is 13.8. The van der Waals surface area contributed by atoms with Gasteiger partial charge in [-0.15, -0.1) is 0 Å². The van der Waals surface area contributed by atoms with Gasteiger partial charge in [-0.25, -0.2) is 4.98 Å². The van der Waals surface area contributed by atoms with Crippen LogP contribution in [-0.2, 0) is 13.2 Å². The first kappa shape index (κ1) is 16.1. The SMILES string of the molecule is CCOc1cc(CNC2CC2)ccc1OCc1ccc(Cl)nc1. The number of rotatable bonds is 8. The van der Waals surface area contributed by atoms with Gasteiger partial charge < -0.3 is 14.8 Å². The minimum atomic E-state index is 0.434. The zero-order valence-corrected chi connectivity index (χ0v) is 14.0. The van der Waals surface area contributed by atoms with Crippen molar-refractivity contribution in [2.75, 3.05) is 6.61 Å². The maximum absolute atomic E-state index is 5.88. The number of nitrogens with one attached hydrogen (secondary N) is 1. The summed E-state index contributed by atoms with van der Waals surface area (Å²) in [6.07, 6.45) is 4.29. The molecule has 1 N–H and O–H groups in total. The van der Waals surface area contributed by atoms with E-state index in [1.165, 1.54) is 18.4 Å². The molecule has 1 heterocycles. The Morgan fingerprint density at radius 3 is 2.65 bits per heavy atom. The summed E-state index contributed by atoms with van der Waals surface area (Å²) in [4.78, 5) is 4.06. The van der Waals surface area contributed by atoms with Gasteiger partial charge in [-0.1, -0.05) is 23.7 Å². The third-order valence-corrected chi connectivity index (χ3v) is 3.89. The molecule has 1 aliphatic rings. The molecule has 0 amide bonds. The van der Waals surface area contributed by atoms with Crippen molar-refractivity contribution in [1.82, 2.24) is 10.3 Å². The van der Waals surface area contributed by atoms with Crippen LogP contribution < -0.4 is 14.8 Å². The second-order valence-corrected chi connectivity index (χ2v) is 6.03. The van der Waals surface area contributed by atoms with E-state index in [-0.39, 0.29) is 0 Å². The van der Waals surface area contributed by atoms with E-state index in [4.69, 9.17) is 21.1 Å². The van der Waals surface area contributed by atoms with E-state index in [9.17, 15) is 0 Å². The number of aromatic nitrogens is 1. The third kappa shape index (κ3) is 4.85. The van der Waals surface area contributed by atoms with Crippen molar-refractivity contribution in [3.63, 3.8) is 0 Å². The Hall–Kier alpha value is -1.78. The molecular formula is C18H21ClN2O2. The number of halogens is 1. The number of hydrogen-bond donors (Lipinski definition) is 1. The van der Waals surface area contributed by atoms with Crippen LogP contribution in [0.15, 0.2) is 36.5 Å². The van der Waals surface area contributed by atoms with Gasteiger partial charge in [0.05, 0.1) is 6.61 Å². The highest BCUT2D eigenvalue weighted by molar-refractivity contribution is 6.29. The first-order valence-corrected chi connectivity index (χ1v) is 8.34. The molecule has 1 aromatic heterocycles. The maximum atomic E-state index is 5.88. The van der Waals surface area contributed by atoms with Crippen molar-refractivity contribution in [2.24, 2.45) is 0 Å². The standard InChI is InChI=1S/C18H21ClN2O2/c1-2-22-17-9-13(10-20-15-5-6-15)3-7-16(17)23-12-14-4-8-18(19)21-11-14/h3-4,7-9,11,15,20H,2,5-6,10,12H2,1H3. The number of nitrogens with zero attached hydrogens (tertiary/aromatic N) is 1. The smallest absolute Gasteiger partial charge is 0.161 e. The molecule has 2 aromatic rings. The summed E-state index contributed by atoms with van der Waals surface area (Å²) in [5.41, 5.74) is 2.18. The topological polar surface area (TPSA) is 43.4 Å². The molecule has 0 bridgehead atoms. The van der Waals surface area contributed by atoms with Crippen LogP contribution in [0.25, 0.3) is 0 Å². The van der Waals surface area contributed by atoms with Gasteiger partial charge in [0.25, 0.3) is 0 Å². The van der Waals surface area contributed by atoms with Crippen LogP contribution in [0.3, 0.4) is 0 Å². The summed E-state index contributed by atoms with van der Waals surface area (Å²) >= 11 is 5.79. The van der Waals surface area contributed by atoms with Crippen LogP contribution in [0.1, 0.15) is 30.9 Å². The predicted molar refractivity (Wildman–Crippen MR) is 91.1 cm³/mol. The Morgan fingerprint density at radius 1 is 1.13 bits per heavy atom. The van der Waals surface area contributed by atoms with Gasteiger partial charge in [0.2, 0.25) is 0 Å². The number of benzene rings is 1. The average molecular weight is 333 g/mol. The Morgan fingerprint density at radius 2 is 1.96 bits per heavy atom. The van der Waals surface area contributed by atoms with Crippen LogP contribution in [-0.4, -0.2) is 17.6 Å². The summed E-state index contributed by atoms with van der Waals surface area (Å²) in [5, 5.41) is 3.99. The molecule has 1 aromatic carbocycles. The van der Waals surface area contributed by atoms with E-state index in [1.54, 1.807) is 12.3 Å². The van der Waals surface area contributed by atoms with E-state index < -0.39 is 0 Å². The molecule has 1 saturated carbocycles. The molecule has 0 radical (unpaired) electrons. The highest BCUT2D eigenvalue weighted by atomic mass is 35.5. The molecule has 0 spiro atoms. The Labute approximate surface area is 141 Å². The highest BCUT2D eigenvalue weighted by Crippen LogP contribution is 2.30. The quantitative estimate of drug-likeness (QED) is 0.743. The fourth-order valence-corrected chi connectivity index (χ4v) is 2.36. The van der Waals surface area contributed by atoms with Gasteiger partial charge >= 0.3 is 0 Å². The average Bonchev–Trinajstić information content (AvgIpc) is 3.38. The maximum Gasteiger partial charge on any atom is 0.161 e. The van der Waals surface area contributed by atoms with E-state index in [2.05, 4.69) is 16.4 Å². The zero-order chi connectivity index (χ0) is 16.1. The Bertz CT molecular complexity index is 642. The molecule has 0 atom stereocenters. The van der Waals surface area contributed by atoms with Crippen molar-refractivity contribution in [1.29, 1.82) is 0 Å². The summed E-state index contributed by atoms with van der Waals surface area (Å²) in [6.45, 7) is 3.89. The fraction of sp³-hybridized carbons (Fsp3) is 0.389. The molecule has 122 valence electrons. The van der Waals surface area contributed by atoms with Crippen molar-refractivity contribution < 1.29 is 9.47 Å². The van der Waals surface area contributed by atoms with E-state index in [0.29, 0.717) is 24.4 Å². The predicted octanol–water partition coefficient (Wildman–Crippen LogP) is 3.96. The molecule has 1 fully saturated rings. The van der Waals surface area contributed by atoms with Crippen LogP contribution >= 0.6 is 11.6 Å². The summed E-state index contributed by atoms with van der Waals surface area (Å²) in [6, 6.07) is 10.5. The molecule has 0 aliphatic heterocycles. The van der Waals surface area contributed by atoms with Gasteiger partial charge in [0, 0.05) is 24.3 Å². The monoisotopic (exact) mass is 332 g/mol. The van der Waals surface area contributed by atoms with E-state index >= 15 is 0 Å². The van der Waals surface area contributed by atoms with Crippen LogP contribution in [0.5, 0.6) is 11.5 Å². The lowest BCUT2D eigenvalue weighted by Gasteiger charge is -2.14. The van der Waals surface area contributed by atoms with Crippen LogP contribution in [0.2, 0.25) is 5.15 Å². The number of pyridine rings is 1. The minimum absolute atomic E-state index is 0.434. The van der Waals surface area contributed by atoms with Crippen molar-refractivity contribution in [2.45, 2.75) is 39.0 Å². The second kappa shape index (κ2) is 7.66. The first-order valence-electron chi connectivity index (χ1n) is 7.97. The Balaban J connectivity index is 1.65. The summed E-state index contributed by atoms with van der Waals surface area (Å²) in [7, 11) is 0. The molecule has 4 nitrogen and oxygen atoms in total. The molecule has 23 heavy (non-hydrogen) atoms. The largest absolute Gasteiger partial charge is 0.490 e. The number of hydrogen-bond acceptors (Lipinski definition) is 4. The van der Waals surface area contributed by atoms with Gasteiger partial charge in [-0.3, -0.25) is 0 Å². The lowest BCUT2D eigenvalue weighted by molar-refractivity contribution is 0.269. The molecule has 0 unspecified atom stereocenters. The van der Waals surface area contributed by atoms with E-state index in [0.717, 1.165) is 23.6 Å².